The summed E-state index contributed by atoms with van der Waals surface area (Å²) in [5.41, 5.74) is 1.01. The second-order valence-electron chi connectivity index (χ2n) is 5.99. The van der Waals surface area contributed by atoms with E-state index in [9.17, 15) is 17.6 Å². The van der Waals surface area contributed by atoms with Crippen molar-refractivity contribution in [2.24, 2.45) is 0 Å². The third kappa shape index (κ3) is 5.19. The summed E-state index contributed by atoms with van der Waals surface area (Å²) in [6.45, 7) is 1.91. The Morgan fingerprint density at radius 2 is 1.81 bits per heavy atom. The van der Waals surface area contributed by atoms with Crippen molar-refractivity contribution in [1.29, 1.82) is 0 Å². The molecule has 0 radical (unpaired) electrons. The molecule has 6 nitrogen and oxygen atoms in total. The summed E-state index contributed by atoms with van der Waals surface area (Å²) in [7, 11) is -2.22. The molecule has 0 heterocycles. The molecular weight excluding hydrogens is 371 g/mol. The summed E-state index contributed by atoms with van der Waals surface area (Å²) < 4.78 is 44.1. The van der Waals surface area contributed by atoms with E-state index in [-0.39, 0.29) is 18.7 Å². The van der Waals surface area contributed by atoms with Gasteiger partial charge in [-0.15, -0.1) is 0 Å². The molecular formula is C19H23FN2O4S. The predicted molar refractivity (Wildman–Crippen MR) is 103 cm³/mol. The molecule has 2 aromatic carbocycles. The lowest BCUT2D eigenvalue weighted by Crippen LogP contribution is -2.49. The highest BCUT2D eigenvalue weighted by atomic mass is 32.2. The number of nitrogens with one attached hydrogen (secondary N) is 1. The van der Waals surface area contributed by atoms with Crippen molar-refractivity contribution in [2.75, 3.05) is 17.7 Å². The zero-order valence-electron chi connectivity index (χ0n) is 15.5. The molecule has 1 N–H and O–H groups in total. The Balaban J connectivity index is 2.25. The minimum absolute atomic E-state index is 0.195. The number of benzene rings is 2. The number of rotatable bonds is 8. The Hall–Kier alpha value is -2.61. The van der Waals surface area contributed by atoms with Gasteiger partial charge >= 0.3 is 0 Å². The van der Waals surface area contributed by atoms with Gasteiger partial charge in [-0.05, 0) is 36.8 Å². The minimum atomic E-state index is -3.76. The van der Waals surface area contributed by atoms with Crippen LogP contribution in [0.5, 0.6) is 5.75 Å². The third-order valence-electron chi connectivity index (χ3n) is 4.06. The van der Waals surface area contributed by atoms with Crippen LogP contribution in [0.15, 0.2) is 48.5 Å². The van der Waals surface area contributed by atoms with Crippen molar-refractivity contribution in [3.63, 3.8) is 0 Å². The van der Waals surface area contributed by atoms with Crippen LogP contribution >= 0.6 is 0 Å². The fourth-order valence-electron chi connectivity index (χ4n) is 2.80. The molecule has 0 spiro atoms. The van der Waals surface area contributed by atoms with E-state index in [1.165, 1.54) is 19.2 Å². The molecule has 0 saturated carbocycles. The standard InChI is InChI=1S/C19H23FN2O4S/c1-4-17(19(23)21-13-14-7-5-6-8-18(14)26-2)22(27(3,24)25)16-11-9-15(20)10-12-16/h5-12,17H,4,13H2,1-3H3,(H,21,23)/t17-/m0/s1. The fourth-order valence-corrected chi connectivity index (χ4v) is 4.01. The molecule has 1 amide bonds. The number of hydrogen-bond acceptors (Lipinski definition) is 4. The maximum atomic E-state index is 13.2. The number of sulfonamides is 1. The maximum Gasteiger partial charge on any atom is 0.244 e. The first kappa shape index (κ1) is 20.7. The van der Waals surface area contributed by atoms with Gasteiger partial charge in [0.25, 0.3) is 0 Å². The van der Waals surface area contributed by atoms with Crippen LogP contribution in [0.4, 0.5) is 10.1 Å². The average Bonchev–Trinajstić information content (AvgIpc) is 2.64. The monoisotopic (exact) mass is 394 g/mol. The first-order chi connectivity index (χ1) is 12.8. The topological polar surface area (TPSA) is 75.7 Å². The molecule has 2 aromatic rings. The Kier molecular flexibility index (Phi) is 6.79. The lowest BCUT2D eigenvalue weighted by atomic mass is 10.1. The zero-order valence-corrected chi connectivity index (χ0v) is 16.3. The normalized spacial score (nSPS) is 12.3. The highest BCUT2D eigenvalue weighted by Crippen LogP contribution is 2.23. The quantitative estimate of drug-likeness (QED) is 0.747. The molecule has 146 valence electrons. The molecule has 0 aromatic heterocycles. The Bertz CT molecular complexity index is 885. The van der Waals surface area contributed by atoms with Crippen LogP contribution < -0.4 is 14.4 Å². The van der Waals surface area contributed by atoms with E-state index in [0.29, 0.717) is 5.75 Å². The first-order valence-electron chi connectivity index (χ1n) is 8.42. The highest BCUT2D eigenvalue weighted by Gasteiger charge is 2.31. The van der Waals surface area contributed by atoms with Gasteiger partial charge < -0.3 is 10.1 Å². The number of carbonyl (C=O) groups is 1. The van der Waals surface area contributed by atoms with Crippen LogP contribution in [0.2, 0.25) is 0 Å². The third-order valence-corrected chi connectivity index (χ3v) is 5.24. The molecule has 0 fully saturated rings. The molecule has 27 heavy (non-hydrogen) atoms. The van der Waals surface area contributed by atoms with Crippen LogP contribution in [0.1, 0.15) is 18.9 Å². The van der Waals surface area contributed by atoms with Crippen LogP contribution in [-0.2, 0) is 21.4 Å². The van der Waals surface area contributed by atoms with E-state index >= 15 is 0 Å². The number of nitrogens with zero attached hydrogens (tertiary/aromatic N) is 1. The number of hydrogen-bond donors (Lipinski definition) is 1. The van der Waals surface area contributed by atoms with Crippen molar-refractivity contribution < 1.29 is 22.3 Å². The number of carbonyl (C=O) groups excluding carboxylic acids is 1. The second-order valence-corrected chi connectivity index (χ2v) is 7.85. The maximum absolute atomic E-state index is 13.2. The molecule has 0 aliphatic rings. The van der Waals surface area contributed by atoms with Gasteiger partial charge in [0.1, 0.15) is 17.6 Å². The van der Waals surface area contributed by atoms with Crippen molar-refractivity contribution in [1.82, 2.24) is 5.32 Å². The molecule has 0 aliphatic carbocycles. The van der Waals surface area contributed by atoms with Crippen LogP contribution in [0, 0.1) is 5.82 Å². The SMILES string of the molecule is CC[C@@H](C(=O)NCc1ccccc1OC)N(c1ccc(F)cc1)S(C)(=O)=O. The van der Waals surface area contributed by atoms with Crippen molar-refractivity contribution in [2.45, 2.75) is 25.9 Å². The lowest BCUT2D eigenvalue weighted by molar-refractivity contribution is -0.122. The smallest absolute Gasteiger partial charge is 0.244 e. The summed E-state index contributed by atoms with van der Waals surface area (Å²) in [6, 6.07) is 11.3. The van der Waals surface area contributed by atoms with Gasteiger partial charge in [0.15, 0.2) is 0 Å². The predicted octanol–water partition coefficient (Wildman–Crippen LogP) is 2.70. The fraction of sp³-hybridized carbons (Fsp3) is 0.316. The van der Waals surface area contributed by atoms with E-state index in [4.69, 9.17) is 4.74 Å². The van der Waals surface area contributed by atoms with E-state index < -0.39 is 27.8 Å². The van der Waals surface area contributed by atoms with Crippen molar-refractivity contribution in [3.8, 4) is 5.75 Å². The van der Waals surface area contributed by atoms with Gasteiger partial charge in [0.05, 0.1) is 19.1 Å². The molecule has 0 saturated heterocycles. The summed E-state index contributed by atoms with van der Waals surface area (Å²) in [5, 5.41) is 2.76. The van der Waals surface area contributed by atoms with E-state index in [0.717, 1.165) is 28.3 Å². The highest BCUT2D eigenvalue weighted by molar-refractivity contribution is 7.92. The molecule has 0 bridgehead atoms. The average molecular weight is 394 g/mol. The van der Waals surface area contributed by atoms with Crippen LogP contribution in [-0.4, -0.2) is 33.7 Å². The summed E-state index contributed by atoms with van der Waals surface area (Å²) in [4.78, 5) is 12.7. The number of methoxy groups -OCH3 is 1. The van der Waals surface area contributed by atoms with Gasteiger partial charge in [-0.25, -0.2) is 12.8 Å². The number of ether oxygens (including phenoxy) is 1. The van der Waals surface area contributed by atoms with Gasteiger partial charge in [-0.2, -0.15) is 0 Å². The summed E-state index contributed by atoms with van der Waals surface area (Å²) in [6.07, 6.45) is 1.27. The van der Waals surface area contributed by atoms with Crippen LogP contribution in [0.25, 0.3) is 0 Å². The number of halogens is 1. The Morgan fingerprint density at radius 3 is 2.37 bits per heavy atom. The van der Waals surface area contributed by atoms with E-state index in [1.54, 1.807) is 13.0 Å². The molecule has 0 unspecified atom stereocenters. The van der Waals surface area contributed by atoms with Gasteiger partial charge in [-0.3, -0.25) is 9.10 Å². The van der Waals surface area contributed by atoms with Gasteiger partial charge in [-0.1, -0.05) is 25.1 Å². The Labute approximate surface area is 159 Å². The van der Waals surface area contributed by atoms with E-state index in [2.05, 4.69) is 5.32 Å². The van der Waals surface area contributed by atoms with Crippen molar-refractivity contribution in [3.05, 3.63) is 59.9 Å². The summed E-state index contributed by atoms with van der Waals surface area (Å²) in [5.74, 6) is -0.302. The first-order valence-corrected chi connectivity index (χ1v) is 10.3. The molecule has 0 aliphatic heterocycles. The number of anilines is 1. The largest absolute Gasteiger partial charge is 0.496 e. The molecule has 8 heteroatoms. The zero-order chi connectivity index (χ0) is 20.0. The lowest BCUT2D eigenvalue weighted by Gasteiger charge is -2.30. The van der Waals surface area contributed by atoms with Gasteiger partial charge in [0, 0.05) is 12.1 Å². The number of para-hydroxylation sites is 1. The Morgan fingerprint density at radius 1 is 1.19 bits per heavy atom. The number of amides is 1. The van der Waals surface area contributed by atoms with Crippen molar-refractivity contribution >= 4 is 21.6 Å². The second kappa shape index (κ2) is 8.85. The van der Waals surface area contributed by atoms with Gasteiger partial charge in [0.2, 0.25) is 15.9 Å². The molecule has 1 atom stereocenters. The van der Waals surface area contributed by atoms with Crippen LogP contribution in [0.3, 0.4) is 0 Å². The summed E-state index contributed by atoms with van der Waals surface area (Å²) >= 11 is 0. The molecule has 2 rings (SSSR count). The van der Waals surface area contributed by atoms with E-state index in [1.807, 2.05) is 18.2 Å². The minimum Gasteiger partial charge on any atom is -0.496 e.